The molecule has 0 aromatic carbocycles. The Labute approximate surface area is 248 Å². The molecule has 0 atom stereocenters. The fourth-order valence-corrected chi connectivity index (χ4v) is 4.33. The molecule has 2 amide bonds. The second kappa shape index (κ2) is 19.7. The first-order valence-corrected chi connectivity index (χ1v) is 14.2. The second-order valence-electron chi connectivity index (χ2n) is 6.23. The minimum absolute atomic E-state index is 0.0741. The maximum absolute atomic E-state index is 12.2. The van der Waals surface area contributed by atoms with E-state index in [1.54, 1.807) is 0 Å². The quantitative estimate of drug-likeness (QED) is 0.142. The molecule has 0 aromatic rings. The van der Waals surface area contributed by atoms with Crippen LogP contribution in [0.25, 0.3) is 0 Å². The predicted octanol–water partition coefficient (Wildman–Crippen LogP) is 4.87. The standard InChI is InChI=1S/C7H7Br2F6NO2.C4H7Br2NO.C3H5F3O2.CH2Cl2/c8-1-3(2-9)4(17)16-5(18,6(10,11)12)7(13,14)15;5-1-3(2-6)4(7)8;1-2(7,8)3(4,5)6;2-1-3/h3,18H,1-2H2,(H,16,17);3H,1-2H2,(H2,7,8);7-8H,1H3;1H2. The SMILES string of the molecule is CC(O)(O)C(F)(F)F.ClCCl.NC(=O)C(CBr)CBr.O=C(NC(O)(C(F)(F)F)C(F)(F)F)C(CBr)CBr. The molecule has 0 rings (SSSR count). The predicted molar refractivity (Wildman–Crippen MR) is 132 cm³/mol. The van der Waals surface area contributed by atoms with Crippen LogP contribution in [0, 0.1) is 11.8 Å². The number of carbonyl (C=O) groups is 2. The lowest BCUT2D eigenvalue weighted by Crippen LogP contribution is -2.68. The molecule has 0 fully saturated rings. The molecule has 0 aromatic heterocycles. The van der Waals surface area contributed by atoms with Crippen molar-refractivity contribution in [3.63, 3.8) is 0 Å². The summed E-state index contributed by atoms with van der Waals surface area (Å²) in [7, 11) is 0. The average Bonchev–Trinajstić information content (AvgIpc) is 2.68. The summed E-state index contributed by atoms with van der Waals surface area (Å²) in [5.74, 6) is -6.68. The van der Waals surface area contributed by atoms with Gasteiger partial charge >= 0.3 is 24.3 Å². The molecule has 226 valence electrons. The lowest BCUT2D eigenvalue weighted by Gasteiger charge is -2.33. The average molecular weight is 871 g/mol. The van der Waals surface area contributed by atoms with Crippen molar-refractivity contribution in [1.82, 2.24) is 5.32 Å². The number of amides is 2. The third-order valence-electron chi connectivity index (χ3n) is 3.18. The molecular weight excluding hydrogens is 850 g/mol. The van der Waals surface area contributed by atoms with E-state index < -0.39 is 41.9 Å². The van der Waals surface area contributed by atoms with Crippen LogP contribution in [0.1, 0.15) is 6.92 Å². The Kier molecular flexibility index (Phi) is 23.8. The van der Waals surface area contributed by atoms with Gasteiger partial charge in [0.2, 0.25) is 11.8 Å². The van der Waals surface area contributed by atoms with Crippen molar-refractivity contribution in [3.8, 4) is 0 Å². The van der Waals surface area contributed by atoms with Gasteiger partial charge in [-0.1, -0.05) is 63.7 Å². The van der Waals surface area contributed by atoms with Crippen molar-refractivity contribution in [2.75, 3.05) is 26.7 Å². The number of halogens is 15. The first-order valence-electron chi connectivity index (χ1n) is 8.63. The van der Waals surface area contributed by atoms with Gasteiger partial charge in [-0.05, 0) is 6.92 Å². The highest BCUT2D eigenvalue weighted by Crippen LogP contribution is 2.41. The molecule has 0 spiro atoms. The minimum atomic E-state index is -6.08. The fourth-order valence-electron chi connectivity index (χ4n) is 0.958. The van der Waals surface area contributed by atoms with E-state index in [0.29, 0.717) is 16.0 Å². The van der Waals surface area contributed by atoms with Gasteiger partial charge in [-0.2, -0.15) is 39.5 Å². The molecule has 22 heteroatoms. The number of aliphatic hydroxyl groups is 3. The van der Waals surface area contributed by atoms with Crippen molar-refractivity contribution < 1.29 is 64.4 Å². The first kappa shape index (κ1) is 44.7. The van der Waals surface area contributed by atoms with Gasteiger partial charge in [0.05, 0.1) is 17.2 Å². The Balaban J connectivity index is -0.000000237. The number of primary amides is 1. The van der Waals surface area contributed by atoms with Crippen molar-refractivity contribution in [3.05, 3.63) is 0 Å². The highest BCUT2D eigenvalue weighted by atomic mass is 79.9. The summed E-state index contributed by atoms with van der Waals surface area (Å²) in [6.45, 7) is 0.257. The number of nitrogens with two attached hydrogens (primary N) is 1. The Morgan fingerprint density at radius 2 is 1.00 bits per heavy atom. The lowest BCUT2D eigenvalue weighted by atomic mass is 10.1. The molecule has 0 aliphatic carbocycles. The number of carbonyl (C=O) groups excluding carboxylic acids is 2. The molecule has 0 saturated carbocycles. The number of nitrogens with one attached hydrogen (secondary N) is 1. The normalized spacial score (nSPS) is 12.5. The van der Waals surface area contributed by atoms with E-state index in [2.05, 4.69) is 63.7 Å². The van der Waals surface area contributed by atoms with Crippen LogP contribution in [0.5, 0.6) is 0 Å². The summed E-state index contributed by atoms with van der Waals surface area (Å²) in [4.78, 5) is 21.5. The van der Waals surface area contributed by atoms with E-state index in [9.17, 15) is 49.1 Å². The van der Waals surface area contributed by atoms with Gasteiger partial charge in [0.15, 0.2) is 0 Å². The third kappa shape index (κ3) is 18.6. The molecule has 37 heavy (non-hydrogen) atoms. The van der Waals surface area contributed by atoms with Crippen LogP contribution in [-0.4, -0.2) is 83.8 Å². The largest absolute Gasteiger partial charge is 0.446 e. The van der Waals surface area contributed by atoms with Crippen LogP contribution in [-0.2, 0) is 9.59 Å². The van der Waals surface area contributed by atoms with Crippen LogP contribution in [0.2, 0.25) is 0 Å². The molecule has 0 saturated heterocycles. The molecule has 0 unspecified atom stereocenters. The Bertz CT molecular complexity index is 621. The maximum atomic E-state index is 12.2. The van der Waals surface area contributed by atoms with Crippen molar-refractivity contribution in [2.24, 2.45) is 17.6 Å². The van der Waals surface area contributed by atoms with Gasteiger partial charge in [0.25, 0.3) is 5.79 Å². The van der Waals surface area contributed by atoms with Gasteiger partial charge in [0.1, 0.15) is 0 Å². The van der Waals surface area contributed by atoms with Gasteiger partial charge in [-0.15, -0.1) is 23.2 Å². The minimum Gasteiger partial charge on any atom is -0.369 e. The summed E-state index contributed by atoms with van der Waals surface area (Å²) >= 11 is 21.3. The second-order valence-corrected chi connectivity index (χ2v) is 9.63. The third-order valence-corrected chi connectivity index (χ3v) is 6.31. The maximum Gasteiger partial charge on any atom is 0.446 e. The van der Waals surface area contributed by atoms with Crippen LogP contribution in [0.15, 0.2) is 0 Å². The highest BCUT2D eigenvalue weighted by molar-refractivity contribution is 9.10. The van der Waals surface area contributed by atoms with Crippen molar-refractivity contribution in [1.29, 1.82) is 0 Å². The summed E-state index contributed by atoms with van der Waals surface area (Å²) in [5, 5.41) is 26.0. The van der Waals surface area contributed by atoms with Gasteiger partial charge in [0, 0.05) is 21.3 Å². The van der Waals surface area contributed by atoms with Crippen LogP contribution >= 0.6 is 86.9 Å². The van der Waals surface area contributed by atoms with E-state index in [1.807, 2.05) is 0 Å². The number of rotatable bonds is 7. The molecule has 0 radical (unpaired) electrons. The van der Waals surface area contributed by atoms with Crippen LogP contribution < -0.4 is 11.1 Å². The first-order chi connectivity index (χ1) is 16.3. The fraction of sp³-hybridized carbons (Fsp3) is 0.867. The van der Waals surface area contributed by atoms with E-state index >= 15 is 0 Å². The molecule has 0 aliphatic heterocycles. The zero-order chi connectivity index (χ0) is 31.1. The van der Waals surface area contributed by atoms with Gasteiger partial charge in [-0.3, -0.25) is 9.59 Å². The van der Waals surface area contributed by atoms with Gasteiger partial charge in [-0.25, -0.2) is 0 Å². The van der Waals surface area contributed by atoms with E-state index in [1.165, 1.54) is 0 Å². The Hall–Kier alpha value is 0.690. The Morgan fingerprint density at radius 3 is 1.11 bits per heavy atom. The molecular formula is C15H21Br4Cl2F9N2O5. The monoisotopic (exact) mass is 866 g/mol. The Morgan fingerprint density at radius 1 is 0.757 bits per heavy atom. The van der Waals surface area contributed by atoms with E-state index in [-0.39, 0.29) is 34.7 Å². The van der Waals surface area contributed by atoms with E-state index in [4.69, 9.17) is 44.3 Å². The summed E-state index contributed by atoms with van der Waals surface area (Å²) in [6.07, 6.45) is -17.1. The van der Waals surface area contributed by atoms with Crippen LogP contribution in [0.3, 0.4) is 0 Å². The zero-order valence-electron chi connectivity index (χ0n) is 18.1. The van der Waals surface area contributed by atoms with Gasteiger partial charge < -0.3 is 26.4 Å². The number of hydrogen-bond acceptors (Lipinski definition) is 5. The number of alkyl halides is 15. The number of hydrogen-bond donors (Lipinski definition) is 5. The smallest absolute Gasteiger partial charge is 0.369 e. The molecule has 0 aliphatic rings. The summed E-state index contributed by atoms with van der Waals surface area (Å²) in [6, 6.07) is 0. The molecule has 0 heterocycles. The molecule has 6 N–H and O–H groups in total. The van der Waals surface area contributed by atoms with Crippen LogP contribution in [0.4, 0.5) is 39.5 Å². The van der Waals surface area contributed by atoms with E-state index in [0.717, 1.165) is 0 Å². The lowest BCUT2D eigenvalue weighted by molar-refractivity contribution is -0.376. The zero-order valence-corrected chi connectivity index (χ0v) is 26.0. The topological polar surface area (TPSA) is 133 Å². The van der Waals surface area contributed by atoms with Crippen molar-refractivity contribution in [2.45, 2.75) is 37.0 Å². The highest BCUT2D eigenvalue weighted by Gasteiger charge is 2.72. The summed E-state index contributed by atoms with van der Waals surface area (Å²) < 4.78 is 107. The summed E-state index contributed by atoms with van der Waals surface area (Å²) in [5.41, 5.74) is -0.305. The van der Waals surface area contributed by atoms with Crippen molar-refractivity contribution >= 4 is 98.7 Å². The molecule has 0 bridgehead atoms. The molecule has 7 nitrogen and oxygen atoms in total.